The molecule has 0 aliphatic rings. The van der Waals surface area contributed by atoms with Crippen LogP contribution in [0.1, 0.15) is 0 Å². The van der Waals surface area contributed by atoms with E-state index in [1.165, 1.54) is 0 Å². The average Bonchev–Trinajstić information content (AvgIpc) is 1.50. The Hall–Kier alpha value is 0.180. The van der Waals surface area contributed by atoms with Gasteiger partial charge in [-0.3, -0.25) is 0 Å². The molecular formula is C4H10OTa. The molecule has 0 heterocycles. The van der Waals surface area contributed by atoms with E-state index >= 15 is 0 Å². The van der Waals surface area contributed by atoms with Gasteiger partial charge in [0.2, 0.25) is 0 Å². The molecule has 1 radical (unpaired) electrons. The molecule has 0 aromatic carbocycles. The van der Waals surface area contributed by atoms with E-state index in [9.17, 15) is 0 Å². The van der Waals surface area contributed by atoms with E-state index in [1.807, 2.05) is 0 Å². The first kappa shape index (κ1) is 34.9. The minimum absolute atomic E-state index is 0. The number of rotatable bonds is 0. The van der Waals surface area contributed by atoms with Crippen molar-refractivity contribution < 1.29 is 27.9 Å². The molecular weight excluding hydrogens is 245 g/mol. The van der Waals surface area contributed by atoms with Crippen molar-refractivity contribution in [1.82, 2.24) is 0 Å². The summed E-state index contributed by atoms with van der Waals surface area (Å²) in [4.78, 5) is 0. The van der Waals surface area contributed by atoms with Crippen molar-refractivity contribution in [3.63, 3.8) is 0 Å². The Kier molecular flexibility index (Phi) is 16200. The van der Waals surface area contributed by atoms with Crippen molar-refractivity contribution in [1.29, 1.82) is 0 Å². The fraction of sp³-hybridized carbons (Fsp3) is 0. The van der Waals surface area contributed by atoms with E-state index in [-0.39, 0.29) is 27.9 Å². The van der Waals surface area contributed by atoms with Crippen LogP contribution < -0.4 is 0 Å². The minimum atomic E-state index is 0. The summed E-state index contributed by atoms with van der Waals surface area (Å²) in [5.74, 6) is 0. The van der Waals surface area contributed by atoms with Crippen molar-refractivity contribution in [2.24, 2.45) is 0 Å². The van der Waals surface area contributed by atoms with Crippen LogP contribution in [0.2, 0.25) is 0 Å². The molecule has 0 aliphatic heterocycles. The molecule has 1 nitrogen and oxygen atoms in total. The van der Waals surface area contributed by atoms with Gasteiger partial charge in [-0.05, 0) is 0 Å². The van der Waals surface area contributed by atoms with Gasteiger partial charge >= 0.3 is 0 Å². The largest absolute Gasteiger partial charge is 0.412 e. The molecule has 0 bridgehead atoms. The quantitative estimate of drug-likeness (QED) is 0.573. The topological polar surface area (TPSA) is 31.5 Å². The zero-order valence-corrected chi connectivity index (χ0v) is 6.99. The third kappa shape index (κ3) is 1300. The van der Waals surface area contributed by atoms with Gasteiger partial charge in [-0.2, -0.15) is 0 Å². The molecule has 0 atom stereocenters. The van der Waals surface area contributed by atoms with E-state index in [4.69, 9.17) is 0 Å². The van der Waals surface area contributed by atoms with Crippen LogP contribution in [-0.2, 0) is 22.4 Å². The normalized spacial score (nSPS) is 1.33. The Morgan fingerprint density at radius 3 is 0.667 bits per heavy atom. The van der Waals surface area contributed by atoms with Crippen LogP contribution >= 0.6 is 0 Å². The Balaban J connectivity index is -0.00000000500. The van der Waals surface area contributed by atoms with Gasteiger partial charge in [-0.1, -0.05) is 0 Å². The van der Waals surface area contributed by atoms with Gasteiger partial charge in [0.05, 0.1) is 0 Å². The third-order valence-electron chi connectivity index (χ3n) is 0. The molecule has 0 rings (SSSR count). The fourth-order valence-electron chi connectivity index (χ4n) is 0. The monoisotopic (exact) mass is 255 g/mol. The molecule has 0 aliphatic carbocycles. The second-order valence-electron chi connectivity index (χ2n) is 0. The van der Waals surface area contributed by atoms with Crippen molar-refractivity contribution in [2.45, 2.75) is 0 Å². The van der Waals surface area contributed by atoms with Gasteiger partial charge < -0.3 is 5.48 Å². The summed E-state index contributed by atoms with van der Waals surface area (Å²) < 4.78 is 0. The van der Waals surface area contributed by atoms with Gasteiger partial charge in [0.1, 0.15) is 0 Å². The first-order chi connectivity index (χ1) is 2.00. The first-order valence-corrected chi connectivity index (χ1v) is 1.000. The van der Waals surface area contributed by atoms with Crippen molar-refractivity contribution in [3.05, 3.63) is 26.3 Å². The van der Waals surface area contributed by atoms with Crippen LogP contribution in [0.15, 0.2) is 26.3 Å². The standard InChI is InChI=1S/2C2H4.H2O.Ta/c2*1-2;;/h2*1-2H2;1H2;. The van der Waals surface area contributed by atoms with E-state index in [2.05, 4.69) is 26.3 Å². The van der Waals surface area contributed by atoms with Crippen LogP contribution in [0.25, 0.3) is 0 Å². The average molecular weight is 255 g/mol. The minimum Gasteiger partial charge on any atom is -0.412 e. The van der Waals surface area contributed by atoms with Crippen LogP contribution in [0.3, 0.4) is 0 Å². The second-order valence-corrected chi connectivity index (χ2v) is 0. The maximum atomic E-state index is 3.00. The Labute approximate surface area is 54.6 Å². The molecule has 6 heavy (non-hydrogen) atoms. The van der Waals surface area contributed by atoms with Crippen molar-refractivity contribution in [3.8, 4) is 0 Å². The van der Waals surface area contributed by atoms with Crippen LogP contribution in [-0.4, -0.2) is 5.48 Å². The summed E-state index contributed by atoms with van der Waals surface area (Å²) in [6.45, 7) is 12.0. The van der Waals surface area contributed by atoms with Gasteiger partial charge in [0.25, 0.3) is 0 Å². The molecule has 0 saturated heterocycles. The van der Waals surface area contributed by atoms with Crippen LogP contribution in [0.4, 0.5) is 0 Å². The molecule has 0 spiro atoms. The van der Waals surface area contributed by atoms with Crippen molar-refractivity contribution in [2.75, 3.05) is 0 Å². The maximum Gasteiger partial charge on any atom is 0 e. The smallest absolute Gasteiger partial charge is 0 e. The second kappa shape index (κ2) is 2790. The zero-order chi connectivity index (χ0) is 4.00. The summed E-state index contributed by atoms with van der Waals surface area (Å²) in [6.07, 6.45) is 0. The predicted octanol–water partition coefficient (Wildman–Crippen LogP) is 0.777. The summed E-state index contributed by atoms with van der Waals surface area (Å²) >= 11 is 0. The molecule has 37 valence electrons. The predicted molar refractivity (Wildman–Crippen MR) is 26.1 cm³/mol. The zero-order valence-electron chi connectivity index (χ0n) is 3.78. The number of hydrogen-bond acceptors (Lipinski definition) is 0. The summed E-state index contributed by atoms with van der Waals surface area (Å²) in [5, 5.41) is 0. The van der Waals surface area contributed by atoms with E-state index in [0.29, 0.717) is 0 Å². The van der Waals surface area contributed by atoms with Crippen LogP contribution in [0.5, 0.6) is 0 Å². The molecule has 0 amide bonds. The summed E-state index contributed by atoms with van der Waals surface area (Å²) in [7, 11) is 0. The van der Waals surface area contributed by atoms with Crippen molar-refractivity contribution >= 4 is 0 Å². The van der Waals surface area contributed by atoms with Crippen LogP contribution in [0, 0.1) is 0 Å². The molecule has 2 N–H and O–H groups in total. The summed E-state index contributed by atoms with van der Waals surface area (Å²) in [5.41, 5.74) is 0. The molecule has 2 heteroatoms. The Morgan fingerprint density at radius 2 is 0.667 bits per heavy atom. The maximum absolute atomic E-state index is 3.00. The molecule has 0 aromatic heterocycles. The van der Waals surface area contributed by atoms with E-state index in [1.54, 1.807) is 0 Å². The molecule has 0 aromatic rings. The van der Waals surface area contributed by atoms with Gasteiger partial charge in [0.15, 0.2) is 0 Å². The van der Waals surface area contributed by atoms with E-state index in [0.717, 1.165) is 0 Å². The SMILES string of the molecule is C=C.C=C.O.[Ta]. The molecule has 0 unspecified atom stereocenters. The van der Waals surface area contributed by atoms with E-state index < -0.39 is 0 Å². The van der Waals surface area contributed by atoms with Gasteiger partial charge in [-0.15, -0.1) is 26.3 Å². The molecule has 0 fully saturated rings. The van der Waals surface area contributed by atoms with Gasteiger partial charge in [0, 0.05) is 22.4 Å². The summed E-state index contributed by atoms with van der Waals surface area (Å²) in [6, 6.07) is 0. The Morgan fingerprint density at radius 1 is 0.667 bits per heavy atom. The Bertz CT molecular complexity index is 9.51. The first-order valence-electron chi connectivity index (χ1n) is 1.000. The molecule has 0 saturated carbocycles. The third-order valence-corrected chi connectivity index (χ3v) is 0. The fourth-order valence-corrected chi connectivity index (χ4v) is 0. The number of hydrogen-bond donors (Lipinski definition) is 0. The van der Waals surface area contributed by atoms with Gasteiger partial charge in [-0.25, -0.2) is 0 Å².